The minimum absolute atomic E-state index is 0.183. The molecule has 3 aromatic rings. The lowest BCUT2D eigenvalue weighted by Crippen LogP contribution is -2.19. The molecule has 0 saturated carbocycles. The lowest BCUT2D eigenvalue weighted by atomic mass is 10.1. The van der Waals surface area contributed by atoms with Gasteiger partial charge in [0.05, 0.1) is 17.6 Å². The molecule has 106 valence electrons. The van der Waals surface area contributed by atoms with E-state index in [1.807, 2.05) is 48.9 Å². The second-order valence-electron chi connectivity index (χ2n) is 4.87. The van der Waals surface area contributed by atoms with E-state index in [0.717, 1.165) is 29.1 Å². The third-order valence-corrected chi connectivity index (χ3v) is 3.40. The highest BCUT2D eigenvalue weighted by molar-refractivity contribution is 5.61. The van der Waals surface area contributed by atoms with Crippen molar-refractivity contribution >= 4 is 0 Å². The molecule has 0 aliphatic carbocycles. The summed E-state index contributed by atoms with van der Waals surface area (Å²) in [6.45, 7) is 2.82. The van der Waals surface area contributed by atoms with Gasteiger partial charge in [0.2, 0.25) is 0 Å². The molecule has 0 bridgehead atoms. The Morgan fingerprint density at radius 1 is 1.14 bits per heavy atom. The van der Waals surface area contributed by atoms with Gasteiger partial charge in [-0.15, -0.1) is 0 Å². The fourth-order valence-corrected chi connectivity index (χ4v) is 2.21. The largest absolute Gasteiger partial charge is 0.305 e. The van der Waals surface area contributed by atoms with Gasteiger partial charge in [0.1, 0.15) is 0 Å². The summed E-state index contributed by atoms with van der Waals surface area (Å²) in [5.41, 5.74) is 4.19. The molecule has 1 atom stereocenters. The van der Waals surface area contributed by atoms with E-state index in [0.29, 0.717) is 0 Å². The molecular formula is C16H17N5. The molecule has 0 spiro atoms. The summed E-state index contributed by atoms with van der Waals surface area (Å²) in [6, 6.07) is 10.1. The van der Waals surface area contributed by atoms with Gasteiger partial charge in [-0.05, 0) is 31.2 Å². The summed E-state index contributed by atoms with van der Waals surface area (Å²) < 4.78 is 0. The van der Waals surface area contributed by atoms with Gasteiger partial charge in [-0.1, -0.05) is 6.07 Å². The molecule has 5 nitrogen and oxygen atoms in total. The number of hydrogen-bond acceptors (Lipinski definition) is 4. The van der Waals surface area contributed by atoms with Crippen molar-refractivity contribution in [3.05, 3.63) is 66.4 Å². The molecule has 0 saturated heterocycles. The van der Waals surface area contributed by atoms with Crippen LogP contribution in [0.1, 0.15) is 24.2 Å². The van der Waals surface area contributed by atoms with Crippen LogP contribution in [0.2, 0.25) is 0 Å². The van der Waals surface area contributed by atoms with Crippen LogP contribution < -0.4 is 5.32 Å². The Bertz CT molecular complexity index is 678. The summed E-state index contributed by atoms with van der Waals surface area (Å²) in [6.07, 6.45) is 7.26. The van der Waals surface area contributed by atoms with Crippen molar-refractivity contribution < 1.29 is 0 Å². The Hall–Kier alpha value is -2.53. The molecule has 0 aliphatic rings. The number of nitrogens with zero attached hydrogens (tertiary/aromatic N) is 3. The fraction of sp³-hybridized carbons (Fsp3) is 0.188. The maximum absolute atomic E-state index is 4.36. The summed E-state index contributed by atoms with van der Waals surface area (Å²) in [7, 11) is 0. The molecule has 5 heteroatoms. The van der Waals surface area contributed by atoms with Gasteiger partial charge < -0.3 is 5.32 Å². The zero-order valence-corrected chi connectivity index (χ0v) is 11.8. The van der Waals surface area contributed by atoms with E-state index in [-0.39, 0.29) is 6.04 Å². The predicted octanol–water partition coefficient (Wildman–Crippen LogP) is 2.72. The van der Waals surface area contributed by atoms with E-state index < -0.39 is 0 Å². The molecule has 0 radical (unpaired) electrons. The van der Waals surface area contributed by atoms with Crippen LogP contribution in [0.15, 0.2) is 55.1 Å². The van der Waals surface area contributed by atoms with Gasteiger partial charge in [-0.3, -0.25) is 15.1 Å². The van der Waals surface area contributed by atoms with Gasteiger partial charge in [-0.25, -0.2) is 0 Å². The number of aromatic nitrogens is 4. The Kier molecular flexibility index (Phi) is 4.02. The van der Waals surface area contributed by atoms with Crippen LogP contribution in [-0.4, -0.2) is 20.2 Å². The number of H-pyrrole nitrogens is 1. The Morgan fingerprint density at radius 3 is 2.86 bits per heavy atom. The van der Waals surface area contributed by atoms with Gasteiger partial charge in [0.15, 0.2) is 0 Å². The van der Waals surface area contributed by atoms with Crippen LogP contribution >= 0.6 is 0 Å². The number of hydrogen-bond donors (Lipinski definition) is 2. The van der Waals surface area contributed by atoms with Crippen molar-refractivity contribution in [2.24, 2.45) is 0 Å². The molecule has 0 amide bonds. The maximum Gasteiger partial charge on any atom is 0.0710 e. The van der Waals surface area contributed by atoms with Crippen molar-refractivity contribution in [1.82, 2.24) is 25.5 Å². The zero-order chi connectivity index (χ0) is 14.5. The van der Waals surface area contributed by atoms with Crippen molar-refractivity contribution in [3.8, 4) is 11.3 Å². The van der Waals surface area contributed by atoms with E-state index in [9.17, 15) is 0 Å². The van der Waals surface area contributed by atoms with Crippen LogP contribution in [0.5, 0.6) is 0 Å². The molecule has 2 N–H and O–H groups in total. The van der Waals surface area contributed by atoms with Crippen molar-refractivity contribution in [1.29, 1.82) is 0 Å². The first-order valence-corrected chi connectivity index (χ1v) is 6.91. The summed E-state index contributed by atoms with van der Waals surface area (Å²) in [5.74, 6) is 0. The zero-order valence-electron chi connectivity index (χ0n) is 11.8. The molecule has 21 heavy (non-hydrogen) atoms. The molecule has 3 aromatic heterocycles. The van der Waals surface area contributed by atoms with E-state index in [1.54, 1.807) is 6.20 Å². The van der Waals surface area contributed by atoms with Crippen molar-refractivity contribution in [2.45, 2.75) is 19.5 Å². The first-order valence-electron chi connectivity index (χ1n) is 6.91. The average molecular weight is 279 g/mol. The molecule has 0 aliphatic heterocycles. The maximum atomic E-state index is 4.36. The molecule has 3 heterocycles. The number of aromatic amines is 1. The van der Waals surface area contributed by atoms with Gasteiger partial charge >= 0.3 is 0 Å². The van der Waals surface area contributed by atoms with Crippen molar-refractivity contribution in [2.75, 3.05) is 0 Å². The Morgan fingerprint density at radius 2 is 2.10 bits per heavy atom. The predicted molar refractivity (Wildman–Crippen MR) is 81.3 cm³/mol. The van der Waals surface area contributed by atoms with Crippen LogP contribution in [0.4, 0.5) is 0 Å². The SMILES string of the molecule is CC(NCc1cn[nH]c1-c1cccnc1)c1ccccn1. The highest BCUT2D eigenvalue weighted by Crippen LogP contribution is 2.20. The molecule has 0 aromatic carbocycles. The minimum atomic E-state index is 0.183. The fourth-order valence-electron chi connectivity index (χ4n) is 2.21. The standard InChI is InChI=1S/C16H17N5/c1-12(15-6-2-3-8-18-15)19-10-14-11-20-21-16(14)13-5-4-7-17-9-13/h2-9,11-12,19H,10H2,1H3,(H,20,21). The number of rotatable bonds is 5. The third kappa shape index (κ3) is 3.14. The molecule has 0 fully saturated rings. The highest BCUT2D eigenvalue weighted by atomic mass is 15.1. The number of nitrogens with one attached hydrogen (secondary N) is 2. The van der Waals surface area contributed by atoms with Gasteiger partial charge in [-0.2, -0.15) is 5.10 Å². The van der Waals surface area contributed by atoms with E-state index in [4.69, 9.17) is 0 Å². The minimum Gasteiger partial charge on any atom is -0.305 e. The van der Waals surface area contributed by atoms with Crippen LogP contribution in [-0.2, 0) is 6.54 Å². The Labute approximate surface area is 123 Å². The van der Waals surface area contributed by atoms with Gasteiger partial charge in [0, 0.05) is 42.3 Å². The topological polar surface area (TPSA) is 66.5 Å². The number of pyridine rings is 2. The smallest absolute Gasteiger partial charge is 0.0710 e. The van der Waals surface area contributed by atoms with Gasteiger partial charge in [0.25, 0.3) is 0 Å². The molecular weight excluding hydrogens is 262 g/mol. The quantitative estimate of drug-likeness (QED) is 0.753. The summed E-state index contributed by atoms with van der Waals surface area (Å²) in [4.78, 5) is 8.51. The molecule has 1 unspecified atom stereocenters. The van der Waals surface area contributed by atoms with E-state index >= 15 is 0 Å². The highest BCUT2D eigenvalue weighted by Gasteiger charge is 2.10. The van der Waals surface area contributed by atoms with E-state index in [1.165, 1.54) is 0 Å². The van der Waals surface area contributed by atoms with Crippen molar-refractivity contribution in [3.63, 3.8) is 0 Å². The molecule has 3 rings (SSSR count). The lowest BCUT2D eigenvalue weighted by Gasteiger charge is -2.13. The second-order valence-corrected chi connectivity index (χ2v) is 4.87. The lowest BCUT2D eigenvalue weighted by molar-refractivity contribution is 0.562. The van der Waals surface area contributed by atoms with E-state index in [2.05, 4.69) is 32.4 Å². The normalized spacial score (nSPS) is 12.2. The summed E-state index contributed by atoms with van der Waals surface area (Å²) >= 11 is 0. The van der Waals surface area contributed by atoms with Crippen LogP contribution in [0, 0.1) is 0 Å². The Balaban J connectivity index is 1.71. The first-order chi connectivity index (χ1) is 10.3. The van der Waals surface area contributed by atoms with Crippen LogP contribution in [0.25, 0.3) is 11.3 Å². The summed E-state index contributed by atoms with van der Waals surface area (Å²) in [5, 5.41) is 10.6. The second kappa shape index (κ2) is 6.28. The first kappa shape index (κ1) is 13.5. The van der Waals surface area contributed by atoms with Crippen LogP contribution in [0.3, 0.4) is 0 Å². The monoisotopic (exact) mass is 279 g/mol. The average Bonchev–Trinajstić information content (AvgIpc) is 3.03. The third-order valence-electron chi connectivity index (χ3n) is 3.40.